The molecular weight excluding hydrogens is 434 g/mol. The number of carbonyl (C=O) groups excluding carboxylic acids is 2. The Morgan fingerprint density at radius 3 is 1.97 bits per heavy atom. The van der Waals surface area contributed by atoms with E-state index in [-0.39, 0.29) is 11.7 Å². The quantitative estimate of drug-likeness (QED) is 0.479. The number of rotatable bonds is 4. The Hall–Kier alpha value is -4.08. The number of benzene rings is 2. The number of hydrogen-bond donors (Lipinski definition) is 3. The molecule has 34 heavy (non-hydrogen) atoms. The number of hydrogen-bond acceptors (Lipinski definition) is 8. The van der Waals surface area contributed by atoms with Gasteiger partial charge in [0.25, 0.3) is 0 Å². The lowest BCUT2D eigenvalue weighted by Crippen LogP contribution is -2.27. The minimum Gasteiger partial charge on any atom is -0.444 e. The summed E-state index contributed by atoms with van der Waals surface area (Å²) in [5.41, 5.74) is 7.41. The monoisotopic (exact) mass is 463 g/mol. The van der Waals surface area contributed by atoms with Crippen LogP contribution >= 0.6 is 0 Å². The average molecular weight is 464 g/mol. The maximum Gasteiger partial charge on any atom is 0.412 e. The SMILES string of the molecule is CC(C)(C)OC(=O)Nc1cc(N)ccc1-c1nnc(-c2ccc(NC(=O)C(C)(C)C)cc2)nn1. The third-order valence-electron chi connectivity index (χ3n) is 4.48. The second-order valence-electron chi connectivity index (χ2n) is 9.76. The van der Waals surface area contributed by atoms with E-state index in [4.69, 9.17) is 10.5 Å². The summed E-state index contributed by atoms with van der Waals surface area (Å²) in [6, 6.07) is 12.0. The zero-order valence-corrected chi connectivity index (χ0v) is 20.1. The van der Waals surface area contributed by atoms with E-state index >= 15 is 0 Å². The standard InChI is InChI=1S/C24H29N7O3/c1-23(2,3)21(32)26-16-10-7-14(8-11-16)19-28-30-20(31-29-19)17-12-9-15(25)13-18(17)27-22(33)34-24(4,5)6/h7-13H,25H2,1-6H3,(H,26,32)(H,27,33). The molecule has 2 aromatic carbocycles. The van der Waals surface area contributed by atoms with E-state index in [1.54, 1.807) is 63.2 Å². The van der Waals surface area contributed by atoms with Crippen molar-refractivity contribution in [3.05, 3.63) is 42.5 Å². The minimum atomic E-state index is -0.656. The molecule has 0 saturated carbocycles. The third-order valence-corrected chi connectivity index (χ3v) is 4.48. The van der Waals surface area contributed by atoms with Crippen molar-refractivity contribution in [3.63, 3.8) is 0 Å². The van der Waals surface area contributed by atoms with Gasteiger partial charge in [-0.1, -0.05) is 20.8 Å². The fourth-order valence-corrected chi connectivity index (χ4v) is 2.75. The summed E-state index contributed by atoms with van der Waals surface area (Å²) in [6.07, 6.45) is -0.629. The van der Waals surface area contributed by atoms with Crippen LogP contribution in [0.4, 0.5) is 21.9 Å². The highest BCUT2D eigenvalue weighted by atomic mass is 16.6. The maximum absolute atomic E-state index is 12.2. The maximum atomic E-state index is 12.2. The summed E-state index contributed by atoms with van der Waals surface area (Å²) < 4.78 is 5.31. The van der Waals surface area contributed by atoms with Gasteiger partial charge >= 0.3 is 6.09 Å². The van der Waals surface area contributed by atoms with Gasteiger partial charge in [-0.25, -0.2) is 4.79 Å². The van der Waals surface area contributed by atoms with Gasteiger partial charge in [-0.15, -0.1) is 20.4 Å². The second-order valence-corrected chi connectivity index (χ2v) is 9.76. The first kappa shape index (κ1) is 24.6. The number of nitrogens with one attached hydrogen (secondary N) is 2. The van der Waals surface area contributed by atoms with Crippen LogP contribution in [0.15, 0.2) is 42.5 Å². The van der Waals surface area contributed by atoms with Gasteiger partial charge in [0.05, 0.1) is 5.69 Å². The van der Waals surface area contributed by atoms with Crippen molar-refractivity contribution in [2.75, 3.05) is 16.4 Å². The smallest absolute Gasteiger partial charge is 0.412 e. The number of carbonyl (C=O) groups is 2. The molecule has 0 aliphatic heterocycles. The Morgan fingerprint density at radius 2 is 1.41 bits per heavy atom. The lowest BCUT2D eigenvalue weighted by molar-refractivity contribution is -0.123. The van der Waals surface area contributed by atoms with Crippen LogP contribution in [0.5, 0.6) is 0 Å². The normalized spacial score (nSPS) is 11.6. The van der Waals surface area contributed by atoms with Crippen LogP contribution in [0.2, 0.25) is 0 Å². The van der Waals surface area contributed by atoms with Crippen LogP contribution in [0, 0.1) is 5.41 Å². The Labute approximate surface area is 198 Å². The molecule has 4 N–H and O–H groups in total. The summed E-state index contributed by atoms with van der Waals surface area (Å²) >= 11 is 0. The summed E-state index contributed by atoms with van der Waals surface area (Å²) in [4.78, 5) is 24.4. The van der Waals surface area contributed by atoms with Crippen molar-refractivity contribution in [1.82, 2.24) is 20.4 Å². The first-order valence-corrected chi connectivity index (χ1v) is 10.7. The van der Waals surface area contributed by atoms with Crippen LogP contribution in [0.3, 0.4) is 0 Å². The Balaban J connectivity index is 1.80. The molecule has 0 atom stereocenters. The minimum absolute atomic E-state index is 0.0801. The summed E-state index contributed by atoms with van der Waals surface area (Å²) in [5, 5.41) is 22.2. The van der Waals surface area contributed by atoms with Crippen molar-refractivity contribution in [2.24, 2.45) is 5.41 Å². The molecule has 10 heteroatoms. The molecule has 0 aliphatic rings. The molecule has 1 heterocycles. The summed E-state index contributed by atoms with van der Waals surface area (Å²) in [5.74, 6) is 0.446. The van der Waals surface area contributed by atoms with Gasteiger partial charge in [0, 0.05) is 27.9 Å². The van der Waals surface area contributed by atoms with Crippen LogP contribution in [0.1, 0.15) is 41.5 Å². The van der Waals surface area contributed by atoms with E-state index in [1.165, 1.54) is 0 Å². The van der Waals surface area contributed by atoms with Gasteiger partial charge in [0.1, 0.15) is 5.60 Å². The lowest BCUT2D eigenvalue weighted by atomic mass is 9.95. The van der Waals surface area contributed by atoms with Gasteiger partial charge in [0.15, 0.2) is 0 Å². The second kappa shape index (κ2) is 9.42. The highest BCUT2D eigenvalue weighted by Gasteiger charge is 2.21. The largest absolute Gasteiger partial charge is 0.444 e. The van der Waals surface area contributed by atoms with Gasteiger partial charge in [0.2, 0.25) is 17.6 Å². The van der Waals surface area contributed by atoms with Crippen LogP contribution in [-0.2, 0) is 9.53 Å². The molecule has 0 spiro atoms. The Kier molecular flexibility index (Phi) is 6.80. The number of anilines is 3. The molecule has 0 aliphatic carbocycles. The number of nitrogens with zero attached hydrogens (tertiary/aromatic N) is 4. The molecule has 2 amide bonds. The highest BCUT2D eigenvalue weighted by Crippen LogP contribution is 2.28. The number of nitrogen functional groups attached to an aromatic ring is 1. The van der Waals surface area contributed by atoms with Gasteiger partial charge in [-0.05, 0) is 63.2 Å². The van der Waals surface area contributed by atoms with Crippen molar-refractivity contribution in [1.29, 1.82) is 0 Å². The van der Waals surface area contributed by atoms with Gasteiger partial charge in [-0.3, -0.25) is 10.1 Å². The summed E-state index contributed by atoms with van der Waals surface area (Å²) in [7, 11) is 0. The topological polar surface area (TPSA) is 145 Å². The molecule has 3 rings (SSSR count). The summed E-state index contributed by atoms with van der Waals surface area (Å²) in [6.45, 7) is 10.9. The van der Waals surface area contributed by atoms with Crippen LogP contribution < -0.4 is 16.4 Å². The van der Waals surface area contributed by atoms with Gasteiger partial charge in [-0.2, -0.15) is 0 Å². The van der Waals surface area contributed by atoms with Crippen molar-refractivity contribution in [3.8, 4) is 22.8 Å². The van der Waals surface area contributed by atoms with Crippen molar-refractivity contribution >= 4 is 29.1 Å². The van der Waals surface area contributed by atoms with Crippen molar-refractivity contribution < 1.29 is 14.3 Å². The van der Waals surface area contributed by atoms with Gasteiger partial charge < -0.3 is 15.8 Å². The number of amides is 2. The average Bonchev–Trinajstić information content (AvgIpc) is 2.72. The molecular formula is C24H29N7O3. The molecule has 3 aromatic rings. The third kappa shape index (κ3) is 6.47. The highest BCUT2D eigenvalue weighted by molar-refractivity contribution is 5.94. The Morgan fingerprint density at radius 1 is 0.824 bits per heavy atom. The fourth-order valence-electron chi connectivity index (χ4n) is 2.75. The molecule has 0 radical (unpaired) electrons. The zero-order chi connectivity index (χ0) is 25.1. The molecule has 0 fully saturated rings. The van der Waals surface area contributed by atoms with Crippen molar-refractivity contribution in [2.45, 2.75) is 47.1 Å². The van der Waals surface area contributed by atoms with Crippen LogP contribution in [0.25, 0.3) is 22.8 Å². The number of nitrogens with two attached hydrogens (primary N) is 1. The van der Waals surface area contributed by atoms with E-state index < -0.39 is 17.1 Å². The first-order valence-electron chi connectivity index (χ1n) is 10.7. The van der Waals surface area contributed by atoms with E-state index in [9.17, 15) is 9.59 Å². The lowest BCUT2D eigenvalue weighted by Gasteiger charge is -2.20. The van der Waals surface area contributed by atoms with E-state index in [2.05, 4.69) is 31.0 Å². The van der Waals surface area contributed by atoms with E-state index in [0.717, 1.165) is 0 Å². The fraction of sp³-hybridized carbons (Fsp3) is 0.333. The molecule has 10 nitrogen and oxygen atoms in total. The predicted octanol–water partition coefficient (Wildman–Crippen LogP) is 4.51. The van der Waals surface area contributed by atoms with Crippen LogP contribution in [-0.4, -0.2) is 38.0 Å². The Bertz CT molecular complexity index is 1180. The van der Waals surface area contributed by atoms with E-state index in [0.29, 0.717) is 34.0 Å². The molecule has 0 saturated heterocycles. The molecule has 0 unspecified atom stereocenters. The molecule has 178 valence electrons. The number of ether oxygens (including phenoxy) is 1. The predicted molar refractivity (Wildman–Crippen MR) is 131 cm³/mol. The number of aromatic nitrogens is 4. The molecule has 1 aromatic heterocycles. The first-order chi connectivity index (χ1) is 15.8. The van der Waals surface area contributed by atoms with E-state index in [1.807, 2.05) is 20.8 Å². The molecule has 0 bridgehead atoms. The zero-order valence-electron chi connectivity index (χ0n) is 20.1.